The SMILES string of the molecule is CSCCC(N)C(=O)NC(CCCN=C(N)N)C(=O)NC(Cc1ccccc1)C(=O)NC(CCC(N)=O)C(=O)O. The van der Waals surface area contributed by atoms with Crippen LogP contribution in [0.5, 0.6) is 0 Å². The highest BCUT2D eigenvalue weighted by Crippen LogP contribution is 2.08. The van der Waals surface area contributed by atoms with Crippen molar-refractivity contribution in [1.82, 2.24) is 16.0 Å². The van der Waals surface area contributed by atoms with Gasteiger partial charge in [0.2, 0.25) is 23.6 Å². The summed E-state index contributed by atoms with van der Waals surface area (Å²) in [5.41, 5.74) is 22.5. The van der Waals surface area contributed by atoms with Crippen molar-refractivity contribution in [2.75, 3.05) is 18.6 Å². The Morgan fingerprint density at radius 3 is 2.05 bits per heavy atom. The topological polar surface area (TPSA) is 258 Å². The van der Waals surface area contributed by atoms with E-state index in [0.717, 1.165) is 0 Å². The molecule has 1 rings (SSSR count). The highest BCUT2D eigenvalue weighted by Gasteiger charge is 2.30. The van der Waals surface area contributed by atoms with Gasteiger partial charge in [0.05, 0.1) is 6.04 Å². The average Bonchev–Trinajstić information content (AvgIpc) is 2.90. The second-order valence-corrected chi connectivity index (χ2v) is 10.0. The number of benzene rings is 1. The Morgan fingerprint density at radius 2 is 1.48 bits per heavy atom. The van der Waals surface area contributed by atoms with E-state index < -0.39 is 53.8 Å². The van der Waals surface area contributed by atoms with Crippen LogP contribution in [0.15, 0.2) is 35.3 Å². The quantitative estimate of drug-likeness (QED) is 0.0515. The Labute approximate surface area is 237 Å². The number of aliphatic imine (C=N–C) groups is 1. The van der Waals surface area contributed by atoms with Crippen LogP contribution in [0.3, 0.4) is 0 Å². The van der Waals surface area contributed by atoms with Crippen molar-refractivity contribution in [3.63, 3.8) is 0 Å². The van der Waals surface area contributed by atoms with Crippen molar-refractivity contribution in [3.8, 4) is 0 Å². The summed E-state index contributed by atoms with van der Waals surface area (Å²) >= 11 is 1.53. The van der Waals surface area contributed by atoms with Gasteiger partial charge in [-0.05, 0) is 43.3 Å². The normalized spacial score (nSPS) is 13.7. The summed E-state index contributed by atoms with van der Waals surface area (Å²) in [7, 11) is 0. The Balaban J connectivity index is 3.14. The lowest BCUT2D eigenvalue weighted by Crippen LogP contribution is -2.57. The second kappa shape index (κ2) is 18.4. The fourth-order valence-electron chi connectivity index (χ4n) is 3.57. The predicted molar refractivity (Wildman–Crippen MR) is 153 cm³/mol. The number of carboxylic acid groups (broad SMARTS) is 1. The third-order valence-electron chi connectivity index (χ3n) is 5.76. The highest BCUT2D eigenvalue weighted by molar-refractivity contribution is 7.98. The van der Waals surface area contributed by atoms with E-state index in [0.29, 0.717) is 24.2 Å². The van der Waals surface area contributed by atoms with E-state index >= 15 is 0 Å². The molecule has 4 amide bonds. The molecular weight excluding hydrogens is 540 g/mol. The van der Waals surface area contributed by atoms with E-state index in [-0.39, 0.29) is 38.2 Å². The van der Waals surface area contributed by atoms with Crippen molar-refractivity contribution >= 4 is 47.3 Å². The van der Waals surface area contributed by atoms with Gasteiger partial charge in [0.25, 0.3) is 0 Å². The number of amides is 4. The number of nitrogens with two attached hydrogens (primary N) is 4. The number of hydrogen-bond acceptors (Lipinski definition) is 8. The Morgan fingerprint density at radius 1 is 0.875 bits per heavy atom. The first-order valence-electron chi connectivity index (χ1n) is 12.7. The molecule has 12 N–H and O–H groups in total. The maximum Gasteiger partial charge on any atom is 0.326 e. The Kier molecular flexibility index (Phi) is 15.8. The molecule has 1 aromatic carbocycles. The minimum absolute atomic E-state index is 0.0302. The molecule has 0 aliphatic heterocycles. The molecule has 15 heteroatoms. The van der Waals surface area contributed by atoms with Gasteiger partial charge in [0.15, 0.2) is 5.96 Å². The number of carboxylic acids is 1. The van der Waals surface area contributed by atoms with Gasteiger partial charge >= 0.3 is 5.97 Å². The number of aliphatic carboxylic acids is 1. The van der Waals surface area contributed by atoms with E-state index in [4.69, 9.17) is 22.9 Å². The molecule has 4 unspecified atom stereocenters. The zero-order chi connectivity index (χ0) is 30.1. The number of nitrogens with one attached hydrogen (secondary N) is 3. The minimum Gasteiger partial charge on any atom is -0.480 e. The number of nitrogens with zero attached hydrogens (tertiary/aromatic N) is 1. The molecule has 0 radical (unpaired) electrons. The number of guanidine groups is 1. The largest absolute Gasteiger partial charge is 0.480 e. The zero-order valence-electron chi connectivity index (χ0n) is 22.5. The maximum atomic E-state index is 13.4. The summed E-state index contributed by atoms with van der Waals surface area (Å²) in [6.45, 7) is 0.203. The summed E-state index contributed by atoms with van der Waals surface area (Å²) in [6, 6.07) is 4.25. The first kappa shape index (κ1) is 34.2. The molecule has 0 fully saturated rings. The smallest absolute Gasteiger partial charge is 0.326 e. The summed E-state index contributed by atoms with van der Waals surface area (Å²) in [5, 5.41) is 17.1. The molecule has 40 heavy (non-hydrogen) atoms. The monoisotopic (exact) mass is 580 g/mol. The van der Waals surface area contributed by atoms with Crippen LogP contribution in [-0.2, 0) is 30.4 Å². The molecule has 0 spiro atoms. The Bertz CT molecular complexity index is 1020. The molecule has 0 aliphatic carbocycles. The molecule has 14 nitrogen and oxygen atoms in total. The van der Waals surface area contributed by atoms with Crippen LogP contribution < -0.4 is 38.9 Å². The summed E-state index contributed by atoms with van der Waals surface area (Å²) in [5.74, 6) is -3.53. The molecule has 0 saturated carbocycles. The van der Waals surface area contributed by atoms with Crippen LogP contribution in [0.1, 0.15) is 37.7 Å². The summed E-state index contributed by atoms with van der Waals surface area (Å²) < 4.78 is 0. The molecule has 1 aromatic rings. The lowest BCUT2D eigenvalue weighted by atomic mass is 10.0. The van der Waals surface area contributed by atoms with Crippen molar-refractivity contribution in [1.29, 1.82) is 0 Å². The molecule has 4 atom stereocenters. The van der Waals surface area contributed by atoms with Crippen LogP contribution in [0.4, 0.5) is 0 Å². The average molecular weight is 581 g/mol. The van der Waals surface area contributed by atoms with Gasteiger partial charge in [-0.2, -0.15) is 11.8 Å². The summed E-state index contributed by atoms with van der Waals surface area (Å²) in [4.78, 5) is 65.9. The number of carbonyl (C=O) groups is 5. The van der Waals surface area contributed by atoms with Gasteiger partial charge in [0.1, 0.15) is 18.1 Å². The third kappa shape index (κ3) is 13.8. The fraction of sp³-hybridized carbons (Fsp3) is 0.520. The van der Waals surface area contributed by atoms with E-state index in [1.807, 2.05) is 6.26 Å². The lowest BCUT2D eigenvalue weighted by Gasteiger charge is -2.25. The van der Waals surface area contributed by atoms with E-state index in [1.165, 1.54) is 11.8 Å². The van der Waals surface area contributed by atoms with E-state index in [2.05, 4.69) is 20.9 Å². The first-order chi connectivity index (χ1) is 18.9. The zero-order valence-corrected chi connectivity index (χ0v) is 23.3. The lowest BCUT2D eigenvalue weighted by molar-refractivity contribution is -0.142. The number of thioether (sulfide) groups is 1. The molecule has 0 aromatic heterocycles. The second-order valence-electron chi connectivity index (χ2n) is 9.05. The van der Waals surface area contributed by atoms with Crippen molar-refractivity contribution < 1.29 is 29.1 Å². The van der Waals surface area contributed by atoms with Gasteiger partial charge in [-0.15, -0.1) is 0 Å². The molecule has 0 saturated heterocycles. The Hall–Kier alpha value is -3.85. The molecular formula is C25H40N8O6S. The number of primary amides is 1. The van der Waals surface area contributed by atoms with E-state index in [1.54, 1.807) is 30.3 Å². The van der Waals surface area contributed by atoms with Crippen molar-refractivity contribution in [3.05, 3.63) is 35.9 Å². The van der Waals surface area contributed by atoms with Gasteiger partial charge in [-0.25, -0.2) is 4.79 Å². The molecule has 222 valence electrons. The van der Waals surface area contributed by atoms with E-state index in [9.17, 15) is 29.1 Å². The number of hydrogen-bond donors (Lipinski definition) is 8. The predicted octanol–water partition coefficient (Wildman–Crippen LogP) is -1.83. The molecule has 0 bridgehead atoms. The van der Waals surface area contributed by atoms with Crippen LogP contribution in [0, 0.1) is 0 Å². The van der Waals surface area contributed by atoms with Gasteiger partial charge in [-0.1, -0.05) is 30.3 Å². The van der Waals surface area contributed by atoms with Crippen LogP contribution >= 0.6 is 11.8 Å². The molecule has 0 aliphatic rings. The van der Waals surface area contributed by atoms with Gasteiger partial charge < -0.3 is 44.0 Å². The van der Waals surface area contributed by atoms with Crippen molar-refractivity contribution in [2.24, 2.45) is 27.9 Å². The standard InChI is InChI=1S/C25H40N8O6S/c1-40-13-11-16(26)21(35)31-17(8-5-12-30-25(28)29)22(36)33-19(14-15-6-3-2-4-7-15)23(37)32-18(24(38)39)9-10-20(27)34/h2-4,6-7,16-19H,5,8-14,26H2,1H3,(H2,27,34)(H,31,35)(H,32,37)(H,33,36)(H,38,39)(H4,28,29,30). The molecule has 0 heterocycles. The summed E-state index contributed by atoms with van der Waals surface area (Å²) in [6.07, 6.45) is 2.30. The van der Waals surface area contributed by atoms with Crippen LogP contribution in [-0.4, -0.2) is 83.4 Å². The van der Waals surface area contributed by atoms with Gasteiger partial charge in [0, 0.05) is 19.4 Å². The highest BCUT2D eigenvalue weighted by atomic mass is 32.2. The van der Waals surface area contributed by atoms with Crippen molar-refractivity contribution in [2.45, 2.75) is 62.7 Å². The van der Waals surface area contributed by atoms with Gasteiger partial charge in [-0.3, -0.25) is 24.2 Å². The van der Waals surface area contributed by atoms with Crippen LogP contribution in [0.25, 0.3) is 0 Å². The fourth-order valence-corrected chi connectivity index (χ4v) is 4.06. The maximum absolute atomic E-state index is 13.4. The van der Waals surface area contributed by atoms with Crippen LogP contribution in [0.2, 0.25) is 0 Å². The minimum atomic E-state index is -1.40. The number of carbonyl (C=O) groups excluding carboxylic acids is 4. The third-order valence-corrected chi connectivity index (χ3v) is 6.40. The number of rotatable bonds is 19. The first-order valence-corrected chi connectivity index (χ1v) is 14.1.